The molecular weight excluding hydrogens is 338 g/mol. The van der Waals surface area contributed by atoms with Gasteiger partial charge in [-0.3, -0.25) is 14.4 Å². The topological polar surface area (TPSA) is 130 Å². The summed E-state index contributed by atoms with van der Waals surface area (Å²) in [5.41, 5.74) is 0. The third kappa shape index (κ3) is 4.45. The molecule has 0 amide bonds. The predicted octanol–water partition coefficient (Wildman–Crippen LogP) is -0.207. The third-order valence-electron chi connectivity index (χ3n) is 3.55. The maximum Gasteiger partial charge on any atom is 0.303 e. The number of ether oxygens (including phenoxy) is 6. The van der Waals surface area contributed by atoms with Gasteiger partial charge in [0.2, 0.25) is 0 Å². The lowest BCUT2D eigenvalue weighted by molar-refractivity contribution is -0.265. The predicted molar refractivity (Wildman–Crippen MR) is 76.4 cm³/mol. The van der Waals surface area contributed by atoms with E-state index in [1.165, 1.54) is 27.7 Å². The van der Waals surface area contributed by atoms with Gasteiger partial charge in [-0.25, -0.2) is 0 Å². The van der Waals surface area contributed by atoms with Crippen molar-refractivity contribution in [1.82, 2.24) is 0 Å². The van der Waals surface area contributed by atoms with Crippen LogP contribution in [-0.4, -0.2) is 61.0 Å². The van der Waals surface area contributed by atoms with Crippen molar-refractivity contribution in [1.29, 1.82) is 5.26 Å². The molecule has 6 atom stereocenters. The summed E-state index contributed by atoms with van der Waals surface area (Å²) in [5.74, 6) is -3.49. The molecule has 0 radical (unpaired) electrons. The first-order valence-electron chi connectivity index (χ1n) is 7.55. The standard InChI is InChI=1S/C15H19NO9/c1-7(17)20-5-10-11(21-8(2)18)12(22-9(3)19)13-14(23-10)25-15(4,6-16)24-13/h10-14H,5H2,1-4H3/t10-,11-,12+,13+,14+,15-/m1/s1. The van der Waals surface area contributed by atoms with E-state index >= 15 is 0 Å². The van der Waals surface area contributed by atoms with Gasteiger partial charge >= 0.3 is 17.9 Å². The molecule has 0 unspecified atom stereocenters. The second kappa shape index (κ2) is 7.35. The number of nitriles is 1. The Labute approximate surface area is 143 Å². The number of carbonyl (C=O) groups excluding carboxylic acids is 3. The molecule has 2 aliphatic rings. The number of nitrogens with zero attached hydrogens (tertiary/aromatic N) is 1. The maximum atomic E-state index is 11.5. The summed E-state index contributed by atoms with van der Waals surface area (Å²) in [4.78, 5) is 34.0. The molecule has 25 heavy (non-hydrogen) atoms. The van der Waals surface area contributed by atoms with Crippen LogP contribution < -0.4 is 0 Å². The van der Waals surface area contributed by atoms with Crippen LogP contribution in [0.15, 0.2) is 0 Å². The number of esters is 3. The van der Waals surface area contributed by atoms with Gasteiger partial charge in [-0.15, -0.1) is 0 Å². The molecule has 2 saturated heterocycles. The molecule has 0 spiro atoms. The number of hydrogen-bond donors (Lipinski definition) is 0. The van der Waals surface area contributed by atoms with Gasteiger partial charge in [-0.2, -0.15) is 5.26 Å². The summed E-state index contributed by atoms with van der Waals surface area (Å²) >= 11 is 0. The molecule has 0 N–H and O–H groups in total. The van der Waals surface area contributed by atoms with E-state index in [1.807, 2.05) is 6.07 Å². The molecule has 10 heteroatoms. The third-order valence-corrected chi connectivity index (χ3v) is 3.55. The van der Waals surface area contributed by atoms with E-state index in [1.54, 1.807) is 0 Å². The fraction of sp³-hybridized carbons (Fsp3) is 0.733. The zero-order valence-electron chi connectivity index (χ0n) is 14.2. The normalized spacial score (nSPS) is 36.7. The molecule has 2 rings (SSSR count). The van der Waals surface area contributed by atoms with Crippen LogP contribution in [0.5, 0.6) is 0 Å². The van der Waals surface area contributed by atoms with Crippen molar-refractivity contribution >= 4 is 17.9 Å². The highest BCUT2D eigenvalue weighted by molar-refractivity contribution is 5.67. The van der Waals surface area contributed by atoms with Crippen LogP contribution in [0, 0.1) is 11.3 Å². The molecule has 0 aromatic rings. The average molecular weight is 357 g/mol. The largest absolute Gasteiger partial charge is 0.463 e. The van der Waals surface area contributed by atoms with Crippen molar-refractivity contribution in [3.8, 4) is 6.07 Å². The first-order chi connectivity index (χ1) is 11.6. The SMILES string of the molecule is CC(=O)OC[C@H]1O[C@H]2O[C@](C)(C#N)O[C@H]2[C@@H](OC(C)=O)[C@@H]1OC(C)=O. The zero-order chi connectivity index (χ0) is 18.8. The van der Waals surface area contributed by atoms with Gasteiger partial charge in [0.25, 0.3) is 5.79 Å². The van der Waals surface area contributed by atoms with Crippen molar-refractivity contribution < 1.29 is 42.8 Å². The summed E-state index contributed by atoms with van der Waals surface area (Å²) in [6.45, 7) is 4.67. The Morgan fingerprint density at radius 2 is 1.64 bits per heavy atom. The Kier molecular flexibility index (Phi) is 5.62. The minimum absolute atomic E-state index is 0.263. The highest BCUT2D eigenvalue weighted by Crippen LogP contribution is 2.38. The fourth-order valence-corrected chi connectivity index (χ4v) is 2.65. The molecule has 0 aromatic carbocycles. The van der Waals surface area contributed by atoms with Gasteiger partial charge in [0, 0.05) is 27.7 Å². The van der Waals surface area contributed by atoms with Gasteiger partial charge in [-0.1, -0.05) is 0 Å². The lowest BCUT2D eigenvalue weighted by Crippen LogP contribution is -2.60. The van der Waals surface area contributed by atoms with E-state index in [9.17, 15) is 19.6 Å². The monoisotopic (exact) mass is 357 g/mol. The van der Waals surface area contributed by atoms with Crippen LogP contribution in [0.3, 0.4) is 0 Å². The molecule has 0 saturated carbocycles. The van der Waals surface area contributed by atoms with Crippen LogP contribution >= 0.6 is 0 Å². The highest BCUT2D eigenvalue weighted by atomic mass is 16.8. The quantitative estimate of drug-likeness (QED) is 0.492. The summed E-state index contributed by atoms with van der Waals surface area (Å²) in [5, 5.41) is 9.18. The Balaban J connectivity index is 2.31. The molecule has 0 aromatic heterocycles. The van der Waals surface area contributed by atoms with E-state index in [-0.39, 0.29) is 6.61 Å². The summed E-state index contributed by atoms with van der Waals surface area (Å²) in [7, 11) is 0. The lowest BCUT2D eigenvalue weighted by atomic mass is 9.98. The average Bonchev–Trinajstić information content (AvgIpc) is 2.84. The molecule has 2 fully saturated rings. The summed E-state index contributed by atoms with van der Waals surface area (Å²) in [6.07, 6.45) is -5.24. The zero-order valence-corrected chi connectivity index (χ0v) is 14.2. The Morgan fingerprint density at radius 3 is 2.16 bits per heavy atom. The Morgan fingerprint density at radius 1 is 1.04 bits per heavy atom. The van der Waals surface area contributed by atoms with Gasteiger partial charge < -0.3 is 28.4 Å². The Hall–Kier alpha value is -2.22. The summed E-state index contributed by atoms with van der Waals surface area (Å²) < 4.78 is 31.9. The Bertz CT molecular complexity index is 600. The maximum absolute atomic E-state index is 11.5. The van der Waals surface area contributed by atoms with Crippen molar-refractivity contribution in [2.24, 2.45) is 0 Å². The van der Waals surface area contributed by atoms with E-state index < -0.39 is 54.4 Å². The lowest BCUT2D eigenvalue weighted by Gasteiger charge is -2.40. The number of carbonyl (C=O) groups is 3. The number of hydrogen-bond acceptors (Lipinski definition) is 10. The smallest absolute Gasteiger partial charge is 0.303 e. The van der Waals surface area contributed by atoms with Crippen molar-refractivity contribution in [2.75, 3.05) is 6.61 Å². The molecular formula is C15H19NO9. The van der Waals surface area contributed by atoms with Gasteiger partial charge in [0.15, 0.2) is 24.6 Å². The summed E-state index contributed by atoms with van der Waals surface area (Å²) in [6, 6.07) is 1.83. The first-order valence-corrected chi connectivity index (χ1v) is 7.55. The molecule has 10 nitrogen and oxygen atoms in total. The molecule has 138 valence electrons. The van der Waals surface area contributed by atoms with Crippen LogP contribution in [-0.2, 0) is 42.8 Å². The second-order valence-electron chi connectivity index (χ2n) is 5.75. The van der Waals surface area contributed by atoms with E-state index in [0.717, 1.165) is 0 Å². The highest BCUT2D eigenvalue weighted by Gasteiger charge is 2.59. The fourth-order valence-electron chi connectivity index (χ4n) is 2.65. The first kappa shape index (κ1) is 19.1. The van der Waals surface area contributed by atoms with Crippen LogP contribution in [0.25, 0.3) is 0 Å². The van der Waals surface area contributed by atoms with Crippen LogP contribution in [0.1, 0.15) is 27.7 Å². The van der Waals surface area contributed by atoms with Crippen LogP contribution in [0.2, 0.25) is 0 Å². The van der Waals surface area contributed by atoms with Gasteiger partial charge in [0.1, 0.15) is 18.8 Å². The molecule has 2 aliphatic heterocycles. The second-order valence-corrected chi connectivity index (χ2v) is 5.75. The van der Waals surface area contributed by atoms with E-state index in [0.29, 0.717) is 0 Å². The number of fused-ring (bicyclic) bond motifs is 1. The molecule has 0 aliphatic carbocycles. The molecule has 0 bridgehead atoms. The minimum Gasteiger partial charge on any atom is -0.463 e. The van der Waals surface area contributed by atoms with Crippen molar-refractivity contribution in [3.05, 3.63) is 0 Å². The number of rotatable bonds is 4. The van der Waals surface area contributed by atoms with Crippen LogP contribution in [0.4, 0.5) is 0 Å². The van der Waals surface area contributed by atoms with E-state index in [2.05, 4.69) is 0 Å². The van der Waals surface area contributed by atoms with Crippen molar-refractivity contribution in [2.45, 2.75) is 64.2 Å². The van der Waals surface area contributed by atoms with Gasteiger partial charge in [-0.05, 0) is 0 Å². The minimum atomic E-state index is -1.62. The molecule has 2 heterocycles. The van der Waals surface area contributed by atoms with Crippen molar-refractivity contribution in [3.63, 3.8) is 0 Å². The van der Waals surface area contributed by atoms with E-state index in [4.69, 9.17) is 28.4 Å². The van der Waals surface area contributed by atoms with Gasteiger partial charge in [0.05, 0.1) is 0 Å².